The number of hydrogen-bond donors (Lipinski definition) is 1. The number of aromatic nitrogens is 1. The number of aryl methyl sites for hydroxylation is 1. The number of nitrogens with zero attached hydrogens (tertiary/aromatic N) is 2. The summed E-state index contributed by atoms with van der Waals surface area (Å²) in [6, 6.07) is 6.78. The summed E-state index contributed by atoms with van der Waals surface area (Å²) < 4.78 is 5.25. The first-order chi connectivity index (χ1) is 8.56. The molecule has 0 amide bonds. The molecule has 5 heteroatoms. The van der Waals surface area contributed by atoms with Crippen LogP contribution in [0.15, 0.2) is 34.9 Å². The highest BCUT2D eigenvalue weighted by Gasteiger charge is 2.10. The van der Waals surface area contributed by atoms with Gasteiger partial charge in [0, 0.05) is 12.7 Å². The summed E-state index contributed by atoms with van der Waals surface area (Å²) >= 11 is 0. The van der Waals surface area contributed by atoms with E-state index in [4.69, 9.17) is 9.52 Å². The van der Waals surface area contributed by atoms with Gasteiger partial charge in [-0.25, -0.2) is 9.78 Å². The van der Waals surface area contributed by atoms with Crippen molar-refractivity contribution < 1.29 is 14.3 Å². The van der Waals surface area contributed by atoms with Crippen molar-refractivity contribution in [2.75, 3.05) is 11.9 Å². The molecule has 0 bridgehead atoms. The van der Waals surface area contributed by atoms with Gasteiger partial charge in [0.05, 0.1) is 18.4 Å². The van der Waals surface area contributed by atoms with Crippen molar-refractivity contribution in [2.24, 2.45) is 0 Å². The van der Waals surface area contributed by atoms with Crippen LogP contribution in [0.2, 0.25) is 0 Å². The first-order valence-electron chi connectivity index (χ1n) is 5.52. The Bertz CT molecular complexity index is 549. The number of furan rings is 1. The molecule has 0 aliphatic rings. The molecule has 0 aliphatic heterocycles. The molecule has 0 saturated heterocycles. The Balaban J connectivity index is 2.24. The lowest BCUT2D eigenvalue weighted by atomic mass is 10.2. The highest BCUT2D eigenvalue weighted by molar-refractivity contribution is 5.88. The minimum Gasteiger partial charge on any atom is -0.478 e. The van der Waals surface area contributed by atoms with Gasteiger partial charge in [0.1, 0.15) is 11.6 Å². The summed E-state index contributed by atoms with van der Waals surface area (Å²) in [6.07, 6.45) is 1.61. The van der Waals surface area contributed by atoms with Crippen LogP contribution in [0, 0.1) is 6.92 Å². The number of carboxylic acid groups (broad SMARTS) is 1. The predicted molar refractivity (Wildman–Crippen MR) is 66.7 cm³/mol. The van der Waals surface area contributed by atoms with Crippen LogP contribution in [0.25, 0.3) is 0 Å². The fourth-order valence-corrected chi connectivity index (χ4v) is 1.69. The van der Waals surface area contributed by atoms with E-state index in [0.29, 0.717) is 18.1 Å². The molecular formula is C13H14N2O3. The third-order valence-corrected chi connectivity index (χ3v) is 2.55. The summed E-state index contributed by atoms with van der Waals surface area (Å²) in [7, 11) is 1.84. The monoisotopic (exact) mass is 246 g/mol. The van der Waals surface area contributed by atoms with Crippen LogP contribution in [0.3, 0.4) is 0 Å². The van der Waals surface area contributed by atoms with Gasteiger partial charge in [0.15, 0.2) is 0 Å². The molecule has 94 valence electrons. The zero-order chi connectivity index (χ0) is 13.1. The SMILES string of the molecule is Cc1cc(C(=O)O)cc(N(C)Cc2ccco2)n1. The summed E-state index contributed by atoms with van der Waals surface area (Å²) in [6.45, 7) is 2.32. The van der Waals surface area contributed by atoms with E-state index >= 15 is 0 Å². The molecule has 0 aromatic carbocycles. The second kappa shape index (κ2) is 4.91. The predicted octanol–water partition coefficient (Wildman–Crippen LogP) is 2.32. The van der Waals surface area contributed by atoms with Gasteiger partial charge in [0.25, 0.3) is 0 Å². The number of anilines is 1. The van der Waals surface area contributed by atoms with Gasteiger partial charge >= 0.3 is 5.97 Å². The quantitative estimate of drug-likeness (QED) is 0.896. The maximum atomic E-state index is 11.0. The Morgan fingerprint density at radius 1 is 1.50 bits per heavy atom. The molecule has 2 heterocycles. The van der Waals surface area contributed by atoms with Crippen LogP contribution >= 0.6 is 0 Å². The Morgan fingerprint density at radius 3 is 2.89 bits per heavy atom. The zero-order valence-corrected chi connectivity index (χ0v) is 10.3. The van der Waals surface area contributed by atoms with Crippen molar-refractivity contribution in [1.82, 2.24) is 4.98 Å². The van der Waals surface area contributed by atoms with Crippen LogP contribution < -0.4 is 4.90 Å². The second-order valence-electron chi connectivity index (χ2n) is 4.10. The molecule has 18 heavy (non-hydrogen) atoms. The van der Waals surface area contributed by atoms with E-state index in [1.54, 1.807) is 25.3 Å². The van der Waals surface area contributed by atoms with Gasteiger partial charge in [-0.15, -0.1) is 0 Å². The zero-order valence-electron chi connectivity index (χ0n) is 10.3. The lowest BCUT2D eigenvalue weighted by molar-refractivity contribution is 0.0696. The number of rotatable bonds is 4. The molecule has 0 atom stereocenters. The molecule has 2 aromatic rings. The van der Waals surface area contributed by atoms with Crippen molar-refractivity contribution in [3.05, 3.63) is 47.5 Å². The molecule has 0 saturated carbocycles. The molecule has 0 aliphatic carbocycles. The third-order valence-electron chi connectivity index (χ3n) is 2.55. The molecule has 0 fully saturated rings. The molecule has 0 unspecified atom stereocenters. The van der Waals surface area contributed by atoms with Crippen molar-refractivity contribution in [3.63, 3.8) is 0 Å². The smallest absolute Gasteiger partial charge is 0.335 e. The summed E-state index contributed by atoms with van der Waals surface area (Å²) in [4.78, 5) is 17.1. The van der Waals surface area contributed by atoms with E-state index in [9.17, 15) is 4.79 Å². The highest BCUT2D eigenvalue weighted by atomic mass is 16.4. The van der Waals surface area contributed by atoms with E-state index < -0.39 is 5.97 Å². The molecular weight excluding hydrogens is 232 g/mol. The lowest BCUT2D eigenvalue weighted by Gasteiger charge is -2.17. The van der Waals surface area contributed by atoms with Gasteiger partial charge in [-0.2, -0.15) is 0 Å². The van der Waals surface area contributed by atoms with Gasteiger partial charge in [-0.3, -0.25) is 0 Å². The Kier molecular flexibility index (Phi) is 3.32. The molecule has 0 spiro atoms. The summed E-state index contributed by atoms with van der Waals surface area (Å²) in [5.74, 6) is 0.467. The van der Waals surface area contributed by atoms with E-state index in [2.05, 4.69) is 4.98 Å². The second-order valence-corrected chi connectivity index (χ2v) is 4.10. The van der Waals surface area contributed by atoms with E-state index in [1.165, 1.54) is 0 Å². The van der Waals surface area contributed by atoms with Crippen LogP contribution in [-0.4, -0.2) is 23.1 Å². The van der Waals surface area contributed by atoms with Crippen molar-refractivity contribution >= 4 is 11.8 Å². The first-order valence-corrected chi connectivity index (χ1v) is 5.52. The minimum absolute atomic E-state index is 0.240. The number of aromatic carboxylic acids is 1. The fourth-order valence-electron chi connectivity index (χ4n) is 1.69. The van der Waals surface area contributed by atoms with Gasteiger partial charge < -0.3 is 14.4 Å². The van der Waals surface area contributed by atoms with Crippen LogP contribution in [0.5, 0.6) is 0 Å². The maximum Gasteiger partial charge on any atom is 0.335 e. The summed E-state index contributed by atoms with van der Waals surface area (Å²) in [5.41, 5.74) is 0.917. The first kappa shape index (κ1) is 12.2. The average molecular weight is 246 g/mol. The average Bonchev–Trinajstić information content (AvgIpc) is 2.80. The van der Waals surface area contributed by atoms with Crippen molar-refractivity contribution in [2.45, 2.75) is 13.5 Å². The molecule has 2 rings (SSSR count). The number of carbonyl (C=O) groups is 1. The van der Waals surface area contributed by atoms with Crippen molar-refractivity contribution in [3.8, 4) is 0 Å². The number of hydrogen-bond acceptors (Lipinski definition) is 4. The highest BCUT2D eigenvalue weighted by Crippen LogP contribution is 2.16. The van der Waals surface area contributed by atoms with Gasteiger partial charge in [-0.05, 0) is 31.2 Å². The van der Waals surface area contributed by atoms with E-state index in [-0.39, 0.29) is 5.56 Å². The molecule has 1 N–H and O–H groups in total. The largest absolute Gasteiger partial charge is 0.478 e. The Labute approximate surface area is 105 Å². The number of pyridine rings is 1. The van der Waals surface area contributed by atoms with Gasteiger partial charge in [0.2, 0.25) is 0 Å². The minimum atomic E-state index is -0.951. The Morgan fingerprint density at radius 2 is 2.28 bits per heavy atom. The Hall–Kier alpha value is -2.30. The molecule has 0 radical (unpaired) electrons. The van der Waals surface area contributed by atoms with E-state index in [1.807, 2.05) is 24.1 Å². The topological polar surface area (TPSA) is 66.6 Å². The lowest BCUT2D eigenvalue weighted by Crippen LogP contribution is -2.18. The fraction of sp³-hybridized carbons (Fsp3) is 0.231. The van der Waals surface area contributed by atoms with Crippen LogP contribution in [0.4, 0.5) is 5.82 Å². The molecule has 5 nitrogen and oxygen atoms in total. The van der Waals surface area contributed by atoms with Crippen LogP contribution in [0.1, 0.15) is 21.8 Å². The number of carboxylic acids is 1. The molecule has 2 aromatic heterocycles. The van der Waals surface area contributed by atoms with Crippen LogP contribution in [-0.2, 0) is 6.54 Å². The third kappa shape index (κ3) is 2.68. The normalized spacial score (nSPS) is 10.3. The van der Waals surface area contributed by atoms with Gasteiger partial charge in [-0.1, -0.05) is 0 Å². The summed E-state index contributed by atoms with van der Waals surface area (Å²) in [5, 5.41) is 9.01. The standard InChI is InChI=1S/C13H14N2O3/c1-9-6-10(13(16)17)7-12(14-9)15(2)8-11-4-3-5-18-11/h3-7H,8H2,1-2H3,(H,16,17). The van der Waals surface area contributed by atoms with Crippen molar-refractivity contribution in [1.29, 1.82) is 0 Å². The van der Waals surface area contributed by atoms with E-state index in [0.717, 1.165) is 5.76 Å². The maximum absolute atomic E-state index is 11.0.